The van der Waals surface area contributed by atoms with E-state index < -0.39 is 0 Å². The van der Waals surface area contributed by atoms with Gasteiger partial charge in [-0.05, 0) is 19.8 Å². The number of nitrogens with zero attached hydrogens (tertiary/aromatic N) is 2. The number of imide groups is 1. The molecule has 0 aliphatic carbocycles. The number of unbranched alkanes of at least 4 members (excludes halogenated alkanes) is 2. The Morgan fingerprint density at radius 1 is 1.42 bits per heavy atom. The lowest BCUT2D eigenvalue weighted by molar-refractivity contribution is -0.142. The van der Waals surface area contributed by atoms with Gasteiger partial charge in [-0.3, -0.25) is 19.3 Å². The predicted molar refractivity (Wildman–Crippen MR) is 71.3 cm³/mol. The zero-order valence-electron chi connectivity index (χ0n) is 11.1. The van der Waals surface area contributed by atoms with E-state index >= 15 is 0 Å². The summed E-state index contributed by atoms with van der Waals surface area (Å²) in [4.78, 5) is 35.4. The molecule has 1 aliphatic rings. The van der Waals surface area contributed by atoms with Gasteiger partial charge in [0.1, 0.15) is 0 Å². The maximum atomic E-state index is 11.5. The zero-order valence-corrected chi connectivity index (χ0v) is 11.1. The van der Waals surface area contributed by atoms with Gasteiger partial charge in [-0.25, -0.2) is 5.43 Å². The number of carbonyl (C=O) groups excluding carboxylic acids is 3. The first-order chi connectivity index (χ1) is 9.15. The van der Waals surface area contributed by atoms with Gasteiger partial charge in [0.2, 0.25) is 11.8 Å². The van der Waals surface area contributed by atoms with Crippen molar-refractivity contribution in [3.63, 3.8) is 0 Å². The van der Waals surface area contributed by atoms with Crippen molar-refractivity contribution in [2.75, 3.05) is 6.54 Å². The third kappa shape index (κ3) is 5.46. The minimum atomic E-state index is -0.244. The van der Waals surface area contributed by atoms with Crippen molar-refractivity contribution in [2.24, 2.45) is 5.10 Å². The lowest BCUT2D eigenvalue weighted by Gasteiger charge is -2.21. The highest BCUT2D eigenvalue weighted by Gasteiger charge is 2.20. The topological polar surface area (TPSA) is 78.8 Å². The molecule has 104 valence electrons. The molecule has 0 aromatic carbocycles. The summed E-state index contributed by atoms with van der Waals surface area (Å²) in [5, 5.41) is 3.63. The molecule has 0 spiro atoms. The van der Waals surface area contributed by atoms with E-state index in [9.17, 15) is 14.4 Å². The number of hydrazone groups is 1. The minimum absolute atomic E-state index is 0.119. The van der Waals surface area contributed by atoms with Crippen molar-refractivity contribution in [3.8, 4) is 0 Å². The maximum absolute atomic E-state index is 11.5. The third-order valence-electron chi connectivity index (χ3n) is 2.72. The first kappa shape index (κ1) is 15.1. The molecule has 1 rings (SSSR count). The number of rotatable bonds is 7. The lowest BCUT2D eigenvalue weighted by atomic mass is 10.1. The molecule has 6 nitrogen and oxygen atoms in total. The molecule has 0 saturated heterocycles. The highest BCUT2D eigenvalue weighted by atomic mass is 16.2. The van der Waals surface area contributed by atoms with Crippen molar-refractivity contribution >= 4 is 23.9 Å². The molecule has 1 aliphatic heterocycles. The highest BCUT2D eigenvalue weighted by Crippen LogP contribution is 2.08. The summed E-state index contributed by atoms with van der Waals surface area (Å²) in [5.41, 5.74) is 2.39. The molecule has 0 saturated carbocycles. The molecule has 6 heteroatoms. The molecular weight excluding hydrogens is 246 g/mol. The Labute approximate surface area is 112 Å². The van der Waals surface area contributed by atoms with Gasteiger partial charge in [0.25, 0.3) is 5.91 Å². The summed E-state index contributed by atoms with van der Waals surface area (Å²) in [7, 11) is 0. The molecule has 3 amide bonds. The lowest BCUT2D eigenvalue weighted by Crippen LogP contribution is -2.38. The Morgan fingerprint density at radius 2 is 2.21 bits per heavy atom. The normalized spacial score (nSPS) is 15.3. The molecule has 0 fully saturated rings. The van der Waals surface area contributed by atoms with Gasteiger partial charge in [-0.15, -0.1) is 0 Å². The van der Waals surface area contributed by atoms with Gasteiger partial charge >= 0.3 is 0 Å². The van der Waals surface area contributed by atoms with Gasteiger partial charge in [0.05, 0.1) is 0 Å². The van der Waals surface area contributed by atoms with Crippen molar-refractivity contribution in [1.82, 2.24) is 10.3 Å². The first-order valence-electron chi connectivity index (χ1n) is 6.42. The van der Waals surface area contributed by atoms with Crippen LogP contribution in [0.25, 0.3) is 0 Å². The fraction of sp³-hybridized carbons (Fsp3) is 0.538. The summed E-state index contributed by atoms with van der Waals surface area (Å²) < 4.78 is 0. The van der Waals surface area contributed by atoms with Gasteiger partial charge in [0, 0.05) is 31.7 Å². The molecule has 0 bridgehead atoms. The second kappa shape index (κ2) is 8.18. The molecule has 1 heterocycles. The molecule has 0 radical (unpaired) electrons. The van der Waals surface area contributed by atoms with Crippen LogP contribution in [0.5, 0.6) is 0 Å². The van der Waals surface area contributed by atoms with E-state index in [-0.39, 0.29) is 17.7 Å². The van der Waals surface area contributed by atoms with Gasteiger partial charge in [-0.1, -0.05) is 12.5 Å². The zero-order chi connectivity index (χ0) is 14.1. The summed E-state index contributed by atoms with van der Waals surface area (Å²) in [5.74, 6) is -0.514. The molecule has 0 aromatic heterocycles. The Morgan fingerprint density at radius 3 is 2.89 bits per heavy atom. The molecule has 19 heavy (non-hydrogen) atoms. The highest BCUT2D eigenvalue weighted by molar-refractivity contribution is 6.04. The van der Waals surface area contributed by atoms with Crippen LogP contribution < -0.4 is 5.43 Å². The smallest absolute Gasteiger partial charge is 0.252 e. The Balaban J connectivity index is 2.14. The monoisotopic (exact) mass is 265 g/mol. The molecule has 0 aromatic rings. The van der Waals surface area contributed by atoms with Crippen LogP contribution >= 0.6 is 0 Å². The minimum Gasteiger partial charge on any atom is -0.279 e. The van der Waals surface area contributed by atoms with E-state index in [0.717, 1.165) is 19.3 Å². The van der Waals surface area contributed by atoms with Crippen LogP contribution in [-0.2, 0) is 14.4 Å². The average Bonchev–Trinajstić information content (AvgIpc) is 2.39. The van der Waals surface area contributed by atoms with Gasteiger partial charge < -0.3 is 0 Å². The Kier molecular flexibility index (Phi) is 6.49. The number of amides is 3. The third-order valence-corrected chi connectivity index (χ3v) is 2.72. The second-order valence-electron chi connectivity index (χ2n) is 4.22. The van der Waals surface area contributed by atoms with Crippen molar-refractivity contribution < 1.29 is 14.4 Å². The number of nitrogens with one attached hydrogen (secondary N) is 1. The summed E-state index contributed by atoms with van der Waals surface area (Å²) in [6.07, 6.45) is 7.45. The summed E-state index contributed by atoms with van der Waals surface area (Å²) >= 11 is 0. The summed E-state index contributed by atoms with van der Waals surface area (Å²) in [6.45, 7) is 2.15. The van der Waals surface area contributed by atoms with E-state index in [1.165, 1.54) is 17.2 Å². The SMILES string of the molecule is C/C=N/NC(=O)CCCCCN1C(=O)C=CCC1=O. The van der Waals surface area contributed by atoms with Crippen molar-refractivity contribution in [2.45, 2.75) is 39.0 Å². The number of hydrogen-bond acceptors (Lipinski definition) is 4. The quantitative estimate of drug-likeness (QED) is 0.322. The van der Waals surface area contributed by atoms with Crippen LogP contribution in [0.15, 0.2) is 17.3 Å². The van der Waals surface area contributed by atoms with Crippen LogP contribution in [0.2, 0.25) is 0 Å². The van der Waals surface area contributed by atoms with E-state index in [1.54, 1.807) is 13.0 Å². The van der Waals surface area contributed by atoms with Crippen LogP contribution in [-0.4, -0.2) is 35.4 Å². The van der Waals surface area contributed by atoms with E-state index in [2.05, 4.69) is 10.5 Å². The van der Waals surface area contributed by atoms with Crippen molar-refractivity contribution in [3.05, 3.63) is 12.2 Å². The van der Waals surface area contributed by atoms with E-state index in [0.29, 0.717) is 19.4 Å². The Bertz CT molecular complexity index is 402. The van der Waals surface area contributed by atoms with Crippen LogP contribution in [0, 0.1) is 0 Å². The average molecular weight is 265 g/mol. The van der Waals surface area contributed by atoms with Crippen LogP contribution in [0.4, 0.5) is 0 Å². The molecular formula is C13H19N3O3. The standard InChI is InChI=1S/C13H19N3O3/c1-2-14-15-11(17)7-4-3-5-10-16-12(18)8-6-9-13(16)19/h2,6,8H,3-5,7,9-10H2,1H3,(H,15,17)/b14-2+. The number of carbonyl (C=O) groups is 3. The van der Waals surface area contributed by atoms with E-state index in [1.807, 2.05) is 0 Å². The van der Waals surface area contributed by atoms with Crippen molar-refractivity contribution in [1.29, 1.82) is 0 Å². The predicted octanol–water partition coefficient (Wildman–Crippen LogP) is 0.984. The largest absolute Gasteiger partial charge is 0.279 e. The molecule has 0 unspecified atom stereocenters. The van der Waals surface area contributed by atoms with Crippen LogP contribution in [0.3, 0.4) is 0 Å². The number of hydrogen-bond donors (Lipinski definition) is 1. The molecule has 0 atom stereocenters. The van der Waals surface area contributed by atoms with Crippen LogP contribution in [0.1, 0.15) is 39.0 Å². The van der Waals surface area contributed by atoms with Gasteiger partial charge in [0.15, 0.2) is 0 Å². The fourth-order valence-corrected chi connectivity index (χ4v) is 1.74. The first-order valence-corrected chi connectivity index (χ1v) is 6.42. The molecule has 1 N–H and O–H groups in total. The van der Waals surface area contributed by atoms with E-state index in [4.69, 9.17) is 0 Å². The second-order valence-corrected chi connectivity index (χ2v) is 4.22. The summed E-state index contributed by atoms with van der Waals surface area (Å²) in [6, 6.07) is 0. The fourth-order valence-electron chi connectivity index (χ4n) is 1.74. The maximum Gasteiger partial charge on any atom is 0.252 e. The Hall–Kier alpha value is -1.98. The van der Waals surface area contributed by atoms with Gasteiger partial charge in [-0.2, -0.15) is 5.10 Å².